The van der Waals surface area contributed by atoms with E-state index in [1.54, 1.807) is 0 Å². The van der Waals surface area contributed by atoms with E-state index in [2.05, 4.69) is 19.2 Å². The van der Waals surface area contributed by atoms with E-state index in [0.717, 1.165) is 47.9 Å². The van der Waals surface area contributed by atoms with Crippen LogP contribution in [0.3, 0.4) is 0 Å². The second-order valence-electron chi connectivity index (χ2n) is 8.16. The Balaban J connectivity index is 1.88. The molecule has 28 heavy (non-hydrogen) atoms. The van der Waals surface area contributed by atoms with Crippen molar-refractivity contribution in [1.29, 1.82) is 0 Å². The Bertz CT molecular complexity index is 792. The predicted molar refractivity (Wildman–Crippen MR) is 115 cm³/mol. The van der Waals surface area contributed by atoms with E-state index < -0.39 is 5.60 Å². The molecule has 1 aliphatic carbocycles. The minimum Gasteiger partial charge on any atom is -0.493 e. The first-order valence-electron chi connectivity index (χ1n) is 10.7. The van der Waals surface area contributed by atoms with Crippen LogP contribution in [0.5, 0.6) is 5.75 Å². The number of carbonyl (C=O) groups is 1. The highest BCUT2D eigenvalue weighted by atomic mass is 16.5. The van der Waals surface area contributed by atoms with E-state index in [-0.39, 0.29) is 5.91 Å². The molecule has 0 aromatic heterocycles. The van der Waals surface area contributed by atoms with Crippen molar-refractivity contribution in [3.05, 3.63) is 36.4 Å². The molecular formula is C24H33NO3. The van der Waals surface area contributed by atoms with Crippen molar-refractivity contribution in [2.45, 2.75) is 64.9 Å². The van der Waals surface area contributed by atoms with E-state index in [9.17, 15) is 4.79 Å². The second kappa shape index (κ2) is 9.42. The summed E-state index contributed by atoms with van der Waals surface area (Å²) in [6, 6.07) is 12.0. The monoisotopic (exact) mass is 383 g/mol. The van der Waals surface area contributed by atoms with E-state index in [1.807, 2.05) is 43.3 Å². The third kappa shape index (κ3) is 4.67. The third-order valence-corrected chi connectivity index (χ3v) is 5.45. The van der Waals surface area contributed by atoms with Crippen LogP contribution < -0.4 is 10.1 Å². The normalized spacial score (nSPS) is 16.7. The largest absolute Gasteiger partial charge is 0.493 e. The van der Waals surface area contributed by atoms with Crippen LogP contribution in [0.2, 0.25) is 0 Å². The molecule has 0 atom stereocenters. The summed E-state index contributed by atoms with van der Waals surface area (Å²) < 4.78 is 12.0. The van der Waals surface area contributed by atoms with Gasteiger partial charge in [-0.1, -0.05) is 63.8 Å². The zero-order valence-electron chi connectivity index (χ0n) is 17.4. The van der Waals surface area contributed by atoms with Crippen LogP contribution >= 0.6 is 0 Å². The van der Waals surface area contributed by atoms with Crippen LogP contribution in [0.15, 0.2) is 36.4 Å². The number of anilines is 1. The molecule has 0 bridgehead atoms. The number of amides is 1. The maximum Gasteiger partial charge on any atom is 0.256 e. The Morgan fingerprint density at radius 1 is 1.04 bits per heavy atom. The molecule has 0 heterocycles. The van der Waals surface area contributed by atoms with Crippen molar-refractivity contribution in [3.8, 4) is 5.75 Å². The number of benzene rings is 2. The van der Waals surface area contributed by atoms with Gasteiger partial charge in [0, 0.05) is 23.1 Å². The fourth-order valence-corrected chi connectivity index (χ4v) is 4.01. The highest BCUT2D eigenvalue weighted by Crippen LogP contribution is 2.35. The Labute approximate surface area is 168 Å². The van der Waals surface area contributed by atoms with Crippen LogP contribution in [0.25, 0.3) is 10.8 Å². The maximum atomic E-state index is 13.3. The maximum absolute atomic E-state index is 13.3. The van der Waals surface area contributed by atoms with Gasteiger partial charge < -0.3 is 14.8 Å². The molecule has 3 rings (SSSR count). The first kappa shape index (κ1) is 20.7. The van der Waals surface area contributed by atoms with Crippen LogP contribution in [-0.4, -0.2) is 24.7 Å². The van der Waals surface area contributed by atoms with Crippen LogP contribution in [0.4, 0.5) is 5.69 Å². The average molecular weight is 384 g/mol. The van der Waals surface area contributed by atoms with Gasteiger partial charge in [0.1, 0.15) is 11.4 Å². The zero-order valence-corrected chi connectivity index (χ0v) is 17.4. The molecule has 0 radical (unpaired) electrons. The van der Waals surface area contributed by atoms with Crippen molar-refractivity contribution in [1.82, 2.24) is 0 Å². The average Bonchev–Trinajstić information content (AvgIpc) is 2.94. The van der Waals surface area contributed by atoms with Crippen LogP contribution in [0, 0.1) is 5.92 Å². The van der Waals surface area contributed by atoms with Gasteiger partial charge >= 0.3 is 0 Å². The van der Waals surface area contributed by atoms with E-state index in [1.165, 1.54) is 12.8 Å². The molecule has 2 aromatic carbocycles. The Kier molecular flexibility index (Phi) is 6.95. The Hall–Kier alpha value is -2.07. The summed E-state index contributed by atoms with van der Waals surface area (Å²) >= 11 is 0. The minimum atomic E-state index is -0.709. The molecule has 1 amide bonds. The summed E-state index contributed by atoms with van der Waals surface area (Å²) in [5.74, 6) is 1.30. The SMILES string of the molecule is CCOC1(C(=O)Nc2ccc(OCC(C)C)c3ccccc23)CCCCCC1. The molecule has 4 heteroatoms. The van der Waals surface area contributed by atoms with Crippen molar-refractivity contribution in [2.24, 2.45) is 5.92 Å². The summed E-state index contributed by atoms with van der Waals surface area (Å²) in [5.41, 5.74) is 0.111. The first-order valence-corrected chi connectivity index (χ1v) is 10.7. The van der Waals surface area contributed by atoms with Crippen molar-refractivity contribution < 1.29 is 14.3 Å². The fraction of sp³-hybridized carbons (Fsp3) is 0.542. The Morgan fingerprint density at radius 3 is 2.36 bits per heavy atom. The van der Waals surface area contributed by atoms with Gasteiger partial charge in [0.2, 0.25) is 0 Å². The standard InChI is InChI=1S/C24H33NO3/c1-4-28-24(15-9-5-6-10-16-24)23(26)25-21-13-14-22(27-17-18(2)3)20-12-8-7-11-19(20)21/h7-8,11-14,18H,4-6,9-10,15-17H2,1-3H3,(H,25,26). The quantitative estimate of drug-likeness (QED) is 0.602. The fourth-order valence-electron chi connectivity index (χ4n) is 4.01. The number of hydrogen-bond acceptors (Lipinski definition) is 3. The highest BCUT2D eigenvalue weighted by molar-refractivity contribution is 6.06. The molecule has 0 saturated heterocycles. The second-order valence-corrected chi connectivity index (χ2v) is 8.16. The molecule has 1 fully saturated rings. The van der Waals surface area contributed by atoms with Gasteiger partial charge in [-0.3, -0.25) is 4.79 Å². The molecule has 1 aliphatic rings. The summed E-state index contributed by atoms with van der Waals surface area (Å²) in [5, 5.41) is 5.20. The number of carbonyl (C=O) groups excluding carboxylic acids is 1. The molecule has 152 valence electrons. The van der Waals surface area contributed by atoms with Gasteiger partial charge in [-0.15, -0.1) is 0 Å². The van der Waals surface area contributed by atoms with Gasteiger partial charge in [0.15, 0.2) is 0 Å². The highest BCUT2D eigenvalue weighted by Gasteiger charge is 2.39. The number of hydrogen-bond donors (Lipinski definition) is 1. The lowest BCUT2D eigenvalue weighted by Crippen LogP contribution is -2.45. The number of rotatable bonds is 7. The molecule has 1 saturated carbocycles. The molecule has 0 aliphatic heterocycles. The lowest BCUT2D eigenvalue weighted by Gasteiger charge is -2.31. The molecule has 4 nitrogen and oxygen atoms in total. The third-order valence-electron chi connectivity index (χ3n) is 5.45. The smallest absolute Gasteiger partial charge is 0.256 e. The molecule has 2 aromatic rings. The van der Waals surface area contributed by atoms with E-state index >= 15 is 0 Å². The topological polar surface area (TPSA) is 47.6 Å². The number of ether oxygens (including phenoxy) is 2. The van der Waals surface area contributed by atoms with Gasteiger partial charge in [0.05, 0.1) is 6.61 Å². The molecule has 0 unspecified atom stereocenters. The van der Waals surface area contributed by atoms with Crippen LogP contribution in [0.1, 0.15) is 59.3 Å². The summed E-state index contributed by atoms with van der Waals surface area (Å²) in [4.78, 5) is 13.3. The molecule has 1 N–H and O–H groups in total. The summed E-state index contributed by atoms with van der Waals surface area (Å²) in [6.07, 6.45) is 6.01. The first-order chi connectivity index (χ1) is 13.6. The van der Waals surface area contributed by atoms with Crippen molar-refractivity contribution >= 4 is 22.4 Å². The summed E-state index contributed by atoms with van der Waals surface area (Å²) in [7, 11) is 0. The summed E-state index contributed by atoms with van der Waals surface area (Å²) in [6.45, 7) is 7.46. The number of nitrogens with one attached hydrogen (secondary N) is 1. The van der Waals surface area contributed by atoms with Gasteiger partial charge in [-0.2, -0.15) is 0 Å². The number of fused-ring (bicyclic) bond motifs is 1. The minimum absolute atomic E-state index is 0.0164. The predicted octanol–water partition coefficient (Wildman–Crippen LogP) is 5.94. The van der Waals surface area contributed by atoms with Gasteiger partial charge in [0.25, 0.3) is 5.91 Å². The lowest BCUT2D eigenvalue weighted by atomic mass is 9.92. The van der Waals surface area contributed by atoms with Gasteiger partial charge in [-0.25, -0.2) is 0 Å². The van der Waals surface area contributed by atoms with E-state index in [4.69, 9.17) is 9.47 Å². The lowest BCUT2D eigenvalue weighted by molar-refractivity contribution is -0.143. The van der Waals surface area contributed by atoms with Gasteiger partial charge in [-0.05, 0) is 37.8 Å². The van der Waals surface area contributed by atoms with E-state index in [0.29, 0.717) is 19.1 Å². The zero-order chi connectivity index (χ0) is 20.0. The Morgan fingerprint density at radius 2 is 1.71 bits per heavy atom. The van der Waals surface area contributed by atoms with Crippen LogP contribution in [-0.2, 0) is 9.53 Å². The molecular weight excluding hydrogens is 350 g/mol. The molecule has 0 spiro atoms. The van der Waals surface area contributed by atoms with Crippen molar-refractivity contribution in [2.75, 3.05) is 18.5 Å². The van der Waals surface area contributed by atoms with Crippen molar-refractivity contribution in [3.63, 3.8) is 0 Å².